The zero-order chi connectivity index (χ0) is 10.9. The van der Waals surface area contributed by atoms with Crippen molar-refractivity contribution in [2.24, 2.45) is 11.3 Å². The third kappa shape index (κ3) is 2.02. The zero-order valence-corrected chi connectivity index (χ0v) is 9.35. The van der Waals surface area contributed by atoms with Crippen LogP contribution in [-0.4, -0.2) is 15.1 Å². The van der Waals surface area contributed by atoms with Gasteiger partial charge in [0.05, 0.1) is 6.10 Å². The van der Waals surface area contributed by atoms with E-state index in [9.17, 15) is 5.11 Å². The average molecular weight is 206 g/mol. The summed E-state index contributed by atoms with van der Waals surface area (Å²) in [5.41, 5.74) is 1.08. The molecule has 1 saturated carbocycles. The SMILES string of the molecule is CC1(C)CCCC1C(O)c1cncnc1. The van der Waals surface area contributed by atoms with Gasteiger partial charge in [0.1, 0.15) is 6.33 Å². The maximum Gasteiger partial charge on any atom is 0.115 e. The summed E-state index contributed by atoms with van der Waals surface area (Å²) in [6.07, 6.45) is 8.02. The van der Waals surface area contributed by atoms with E-state index in [-0.39, 0.29) is 5.41 Å². The molecule has 1 N–H and O–H groups in total. The highest BCUT2D eigenvalue weighted by Crippen LogP contribution is 2.48. The van der Waals surface area contributed by atoms with Crippen molar-refractivity contribution in [3.63, 3.8) is 0 Å². The van der Waals surface area contributed by atoms with E-state index in [4.69, 9.17) is 0 Å². The van der Waals surface area contributed by atoms with Crippen molar-refractivity contribution < 1.29 is 5.11 Å². The standard InChI is InChI=1S/C12H18N2O/c1-12(2)5-3-4-10(12)11(15)9-6-13-8-14-7-9/h6-8,10-11,15H,3-5H2,1-2H3. The molecule has 1 heterocycles. The van der Waals surface area contributed by atoms with Gasteiger partial charge in [-0.15, -0.1) is 0 Å². The molecule has 1 aliphatic carbocycles. The van der Waals surface area contributed by atoms with E-state index in [2.05, 4.69) is 23.8 Å². The van der Waals surface area contributed by atoms with Crippen LogP contribution in [0.5, 0.6) is 0 Å². The molecule has 1 aromatic heterocycles. The van der Waals surface area contributed by atoms with Gasteiger partial charge in [-0.1, -0.05) is 20.3 Å². The summed E-state index contributed by atoms with van der Waals surface area (Å²) >= 11 is 0. The lowest BCUT2D eigenvalue weighted by Gasteiger charge is -2.30. The molecule has 0 amide bonds. The molecule has 1 aliphatic rings. The Morgan fingerprint density at radius 1 is 1.40 bits per heavy atom. The van der Waals surface area contributed by atoms with Crippen molar-refractivity contribution in [1.82, 2.24) is 9.97 Å². The van der Waals surface area contributed by atoms with E-state index < -0.39 is 6.10 Å². The number of rotatable bonds is 2. The Kier molecular flexibility index (Phi) is 2.74. The fourth-order valence-electron chi connectivity index (χ4n) is 2.63. The Balaban J connectivity index is 2.18. The van der Waals surface area contributed by atoms with E-state index in [0.717, 1.165) is 12.0 Å². The lowest BCUT2D eigenvalue weighted by molar-refractivity contribution is 0.0526. The summed E-state index contributed by atoms with van der Waals surface area (Å²) in [4.78, 5) is 7.91. The summed E-state index contributed by atoms with van der Waals surface area (Å²) in [6, 6.07) is 0. The van der Waals surface area contributed by atoms with E-state index in [1.807, 2.05) is 0 Å². The molecule has 1 aromatic rings. The van der Waals surface area contributed by atoms with Gasteiger partial charge in [0.15, 0.2) is 0 Å². The highest BCUT2D eigenvalue weighted by atomic mass is 16.3. The number of hydrogen-bond donors (Lipinski definition) is 1. The Labute approximate surface area is 90.6 Å². The first-order chi connectivity index (χ1) is 7.11. The van der Waals surface area contributed by atoms with Crippen molar-refractivity contribution >= 4 is 0 Å². The second-order valence-corrected chi connectivity index (χ2v) is 5.10. The first-order valence-electron chi connectivity index (χ1n) is 5.54. The van der Waals surface area contributed by atoms with Crippen molar-refractivity contribution in [3.05, 3.63) is 24.3 Å². The smallest absolute Gasteiger partial charge is 0.115 e. The normalized spacial score (nSPS) is 26.5. The van der Waals surface area contributed by atoms with Gasteiger partial charge in [0.25, 0.3) is 0 Å². The minimum Gasteiger partial charge on any atom is -0.388 e. The van der Waals surface area contributed by atoms with E-state index in [0.29, 0.717) is 5.92 Å². The maximum absolute atomic E-state index is 10.3. The van der Waals surface area contributed by atoms with Crippen LogP contribution in [0.4, 0.5) is 0 Å². The molecular weight excluding hydrogens is 188 g/mol. The number of aromatic nitrogens is 2. The molecule has 2 atom stereocenters. The molecule has 3 nitrogen and oxygen atoms in total. The molecule has 0 spiro atoms. The maximum atomic E-state index is 10.3. The quantitative estimate of drug-likeness (QED) is 0.807. The molecule has 0 saturated heterocycles. The fraction of sp³-hybridized carbons (Fsp3) is 0.667. The predicted molar refractivity (Wildman–Crippen MR) is 58.1 cm³/mol. The van der Waals surface area contributed by atoms with Crippen LogP contribution in [0.2, 0.25) is 0 Å². The van der Waals surface area contributed by atoms with Crippen LogP contribution >= 0.6 is 0 Å². The molecule has 0 bridgehead atoms. The third-order valence-corrected chi connectivity index (χ3v) is 3.64. The highest BCUT2D eigenvalue weighted by molar-refractivity contribution is 5.10. The van der Waals surface area contributed by atoms with Crippen molar-refractivity contribution in [2.75, 3.05) is 0 Å². The van der Waals surface area contributed by atoms with Gasteiger partial charge in [-0.05, 0) is 24.2 Å². The first-order valence-corrected chi connectivity index (χ1v) is 5.54. The van der Waals surface area contributed by atoms with Crippen LogP contribution in [0.15, 0.2) is 18.7 Å². The van der Waals surface area contributed by atoms with Crippen LogP contribution in [0.1, 0.15) is 44.8 Å². The monoisotopic (exact) mass is 206 g/mol. The lowest BCUT2D eigenvalue weighted by Crippen LogP contribution is -2.24. The van der Waals surface area contributed by atoms with Gasteiger partial charge in [0.2, 0.25) is 0 Å². The van der Waals surface area contributed by atoms with Crippen LogP contribution in [0.3, 0.4) is 0 Å². The number of hydrogen-bond acceptors (Lipinski definition) is 3. The number of nitrogens with zero attached hydrogens (tertiary/aromatic N) is 2. The van der Waals surface area contributed by atoms with E-state index in [1.54, 1.807) is 12.4 Å². The largest absolute Gasteiger partial charge is 0.388 e. The van der Waals surface area contributed by atoms with E-state index >= 15 is 0 Å². The van der Waals surface area contributed by atoms with Gasteiger partial charge in [-0.3, -0.25) is 0 Å². The minimum atomic E-state index is -0.413. The Morgan fingerprint density at radius 3 is 2.60 bits per heavy atom. The summed E-state index contributed by atoms with van der Waals surface area (Å²) < 4.78 is 0. The highest BCUT2D eigenvalue weighted by Gasteiger charge is 2.39. The summed E-state index contributed by atoms with van der Waals surface area (Å²) in [5.74, 6) is 0.337. The molecule has 2 rings (SSSR count). The van der Waals surface area contributed by atoms with Crippen molar-refractivity contribution in [1.29, 1.82) is 0 Å². The van der Waals surface area contributed by atoms with Gasteiger partial charge < -0.3 is 5.11 Å². The number of aliphatic hydroxyl groups excluding tert-OH is 1. The Bertz CT molecular complexity index is 324. The Hall–Kier alpha value is -0.960. The minimum absolute atomic E-state index is 0.231. The van der Waals surface area contributed by atoms with Gasteiger partial charge in [0, 0.05) is 18.0 Å². The summed E-state index contributed by atoms with van der Waals surface area (Å²) in [5, 5.41) is 10.3. The molecule has 2 unspecified atom stereocenters. The number of aliphatic hydroxyl groups is 1. The average Bonchev–Trinajstić information content (AvgIpc) is 2.58. The molecule has 82 valence electrons. The molecular formula is C12H18N2O. The zero-order valence-electron chi connectivity index (χ0n) is 9.35. The van der Waals surface area contributed by atoms with E-state index in [1.165, 1.54) is 19.2 Å². The van der Waals surface area contributed by atoms with Crippen LogP contribution in [-0.2, 0) is 0 Å². The third-order valence-electron chi connectivity index (χ3n) is 3.64. The van der Waals surface area contributed by atoms with Crippen molar-refractivity contribution in [3.8, 4) is 0 Å². The van der Waals surface area contributed by atoms with Crippen LogP contribution < -0.4 is 0 Å². The topological polar surface area (TPSA) is 46.0 Å². The van der Waals surface area contributed by atoms with Crippen LogP contribution in [0, 0.1) is 11.3 Å². The van der Waals surface area contributed by atoms with Gasteiger partial charge >= 0.3 is 0 Å². The molecule has 1 fully saturated rings. The molecule has 0 radical (unpaired) electrons. The van der Waals surface area contributed by atoms with Crippen molar-refractivity contribution in [2.45, 2.75) is 39.2 Å². The fourth-order valence-corrected chi connectivity index (χ4v) is 2.63. The molecule has 3 heteroatoms. The summed E-state index contributed by atoms with van der Waals surface area (Å²) in [7, 11) is 0. The predicted octanol–water partition coefficient (Wildman–Crippen LogP) is 2.34. The molecule has 0 aromatic carbocycles. The van der Waals surface area contributed by atoms with Crippen LogP contribution in [0.25, 0.3) is 0 Å². The molecule has 0 aliphatic heterocycles. The van der Waals surface area contributed by atoms with Gasteiger partial charge in [-0.2, -0.15) is 0 Å². The van der Waals surface area contributed by atoms with Gasteiger partial charge in [-0.25, -0.2) is 9.97 Å². The second-order valence-electron chi connectivity index (χ2n) is 5.10. The molecule has 15 heavy (non-hydrogen) atoms. The lowest BCUT2D eigenvalue weighted by atomic mass is 9.77. The summed E-state index contributed by atoms with van der Waals surface area (Å²) in [6.45, 7) is 4.47. The first kappa shape index (κ1) is 10.6. The second kappa shape index (κ2) is 3.89. The Morgan fingerprint density at radius 2 is 2.07 bits per heavy atom.